The fraction of sp³-hybridized carbons (Fsp3) is 0.0800. The van der Waals surface area contributed by atoms with Crippen molar-refractivity contribution in [3.63, 3.8) is 0 Å². The van der Waals surface area contributed by atoms with Crippen LogP contribution in [0.1, 0.15) is 15.9 Å². The van der Waals surface area contributed by atoms with E-state index < -0.39 is 26.7 Å². The van der Waals surface area contributed by atoms with E-state index in [-0.39, 0.29) is 22.0 Å². The molecule has 0 fully saturated rings. The molecule has 36 heavy (non-hydrogen) atoms. The summed E-state index contributed by atoms with van der Waals surface area (Å²) in [6.45, 7) is 1.55. The maximum atomic E-state index is 13.1. The van der Waals surface area contributed by atoms with Gasteiger partial charge < -0.3 is 15.2 Å². The van der Waals surface area contributed by atoms with Crippen molar-refractivity contribution in [2.45, 2.75) is 11.8 Å². The molecule has 9 nitrogen and oxygen atoms in total. The summed E-state index contributed by atoms with van der Waals surface area (Å²) >= 11 is 6.27. The quantitative estimate of drug-likeness (QED) is 0.196. The number of carbonyl (C=O) groups is 1. The molecule has 184 valence electrons. The van der Waals surface area contributed by atoms with Crippen LogP contribution in [0.5, 0.6) is 11.5 Å². The van der Waals surface area contributed by atoms with Crippen molar-refractivity contribution in [3.05, 3.63) is 82.9 Å². The number of hydrogen-bond acceptors (Lipinski definition) is 7. The van der Waals surface area contributed by atoms with Gasteiger partial charge in [-0.2, -0.15) is 8.42 Å². The van der Waals surface area contributed by atoms with E-state index in [1.165, 1.54) is 19.2 Å². The Morgan fingerprint density at radius 2 is 1.78 bits per heavy atom. The van der Waals surface area contributed by atoms with Crippen molar-refractivity contribution in [1.82, 2.24) is 0 Å². The standard InChI is InChI=1S/C25H20ClN3O6S/c1-14-10-18(36(32,33)34)13-21(22(14)26)28-29-23-19-9-4-3-6-15(19)11-20(24(23)30)25(31)27-16-7-5-8-17(12-16)35-2/h3-13,30H,1-2H3,(H,27,31)(H,32,33,34). The van der Waals surface area contributed by atoms with Crippen molar-refractivity contribution < 1.29 is 27.6 Å². The highest BCUT2D eigenvalue weighted by molar-refractivity contribution is 7.85. The average Bonchev–Trinajstić information content (AvgIpc) is 2.84. The van der Waals surface area contributed by atoms with Crippen molar-refractivity contribution in [2.75, 3.05) is 12.4 Å². The van der Waals surface area contributed by atoms with Gasteiger partial charge in [-0.05, 0) is 48.2 Å². The van der Waals surface area contributed by atoms with E-state index in [9.17, 15) is 22.9 Å². The number of azo groups is 1. The molecule has 0 spiro atoms. The number of aryl methyl sites for hydroxylation is 1. The maximum Gasteiger partial charge on any atom is 0.294 e. The van der Waals surface area contributed by atoms with Crippen molar-refractivity contribution >= 4 is 55.5 Å². The molecule has 0 aliphatic carbocycles. The van der Waals surface area contributed by atoms with Gasteiger partial charge in [-0.15, -0.1) is 10.2 Å². The molecule has 0 radical (unpaired) electrons. The lowest BCUT2D eigenvalue weighted by atomic mass is 10.0. The number of benzene rings is 4. The van der Waals surface area contributed by atoms with E-state index in [1.807, 2.05) is 0 Å². The van der Waals surface area contributed by atoms with Gasteiger partial charge in [0.15, 0.2) is 5.75 Å². The molecule has 3 N–H and O–H groups in total. The summed E-state index contributed by atoms with van der Waals surface area (Å²) < 4.78 is 37.8. The number of fused-ring (bicyclic) bond motifs is 1. The Hall–Kier alpha value is -3.99. The van der Waals surface area contributed by atoms with E-state index in [4.69, 9.17) is 16.3 Å². The monoisotopic (exact) mass is 525 g/mol. The predicted molar refractivity (Wildman–Crippen MR) is 137 cm³/mol. The third kappa shape index (κ3) is 5.15. The number of amides is 1. The molecule has 0 heterocycles. The van der Waals surface area contributed by atoms with Gasteiger partial charge in [-0.3, -0.25) is 9.35 Å². The summed E-state index contributed by atoms with van der Waals surface area (Å²) in [6.07, 6.45) is 0. The fourth-order valence-corrected chi connectivity index (χ4v) is 4.27. The molecule has 1 amide bonds. The van der Waals surface area contributed by atoms with E-state index in [0.717, 1.165) is 6.07 Å². The second-order valence-electron chi connectivity index (χ2n) is 7.78. The molecule has 0 aliphatic rings. The Bertz CT molecular complexity index is 1640. The Balaban J connectivity index is 1.81. The van der Waals surface area contributed by atoms with Crippen molar-refractivity contribution in [3.8, 4) is 11.5 Å². The van der Waals surface area contributed by atoms with Crippen LogP contribution in [-0.2, 0) is 10.1 Å². The number of halogens is 1. The number of rotatable bonds is 6. The summed E-state index contributed by atoms with van der Waals surface area (Å²) in [5.74, 6) is -0.480. The number of nitrogens with one attached hydrogen (secondary N) is 1. The zero-order chi connectivity index (χ0) is 26.0. The average molecular weight is 526 g/mol. The van der Waals surface area contributed by atoms with E-state index in [1.54, 1.807) is 55.5 Å². The zero-order valence-electron chi connectivity index (χ0n) is 19.1. The van der Waals surface area contributed by atoms with Gasteiger partial charge in [-0.1, -0.05) is 41.9 Å². The normalized spacial score (nSPS) is 11.7. The van der Waals surface area contributed by atoms with Crippen LogP contribution in [-0.4, -0.2) is 31.1 Å². The van der Waals surface area contributed by atoms with Crippen molar-refractivity contribution in [1.29, 1.82) is 0 Å². The third-order valence-corrected chi connectivity index (χ3v) is 6.65. The first-order valence-electron chi connectivity index (χ1n) is 10.5. The largest absolute Gasteiger partial charge is 0.505 e. The van der Waals surface area contributed by atoms with E-state index >= 15 is 0 Å². The summed E-state index contributed by atoms with van der Waals surface area (Å²) in [5.41, 5.74) is 0.689. The van der Waals surface area contributed by atoms with Gasteiger partial charge in [0.2, 0.25) is 0 Å². The van der Waals surface area contributed by atoms with Gasteiger partial charge >= 0.3 is 0 Å². The molecule has 0 aliphatic heterocycles. The number of methoxy groups -OCH3 is 1. The number of phenolic OH excluding ortho intramolecular Hbond substituents is 1. The van der Waals surface area contributed by atoms with Crippen LogP contribution < -0.4 is 10.1 Å². The van der Waals surface area contributed by atoms with Crippen LogP contribution in [0, 0.1) is 6.92 Å². The third-order valence-electron chi connectivity index (χ3n) is 5.33. The Morgan fingerprint density at radius 3 is 2.50 bits per heavy atom. The molecule has 11 heteroatoms. The Labute approximate surface area is 211 Å². The maximum absolute atomic E-state index is 13.1. The lowest BCUT2D eigenvalue weighted by molar-refractivity contribution is 0.102. The minimum absolute atomic E-state index is 0.0186. The molecule has 0 saturated carbocycles. The van der Waals surface area contributed by atoms with Crippen molar-refractivity contribution in [2.24, 2.45) is 10.2 Å². The smallest absolute Gasteiger partial charge is 0.294 e. The Morgan fingerprint density at radius 1 is 1.03 bits per heavy atom. The number of ether oxygens (including phenoxy) is 1. The highest BCUT2D eigenvalue weighted by Gasteiger charge is 2.20. The van der Waals surface area contributed by atoms with Crippen LogP contribution >= 0.6 is 11.6 Å². The van der Waals surface area contributed by atoms with Gasteiger partial charge in [0.25, 0.3) is 16.0 Å². The second kappa shape index (κ2) is 9.94. The number of phenols is 1. The molecule has 0 saturated heterocycles. The highest BCUT2D eigenvalue weighted by Crippen LogP contribution is 2.41. The summed E-state index contributed by atoms with van der Waals surface area (Å²) in [6, 6.07) is 17.4. The molecular weight excluding hydrogens is 506 g/mol. The molecule has 0 bridgehead atoms. The zero-order valence-corrected chi connectivity index (χ0v) is 20.6. The van der Waals surface area contributed by atoms with Crippen LogP contribution in [0.3, 0.4) is 0 Å². The molecule has 0 atom stereocenters. The summed E-state index contributed by atoms with van der Waals surface area (Å²) in [5, 5.41) is 23.1. The van der Waals surface area contributed by atoms with E-state index in [2.05, 4.69) is 15.5 Å². The van der Waals surface area contributed by atoms with Crippen LogP contribution in [0.4, 0.5) is 17.1 Å². The van der Waals surface area contributed by atoms with Gasteiger partial charge in [0.1, 0.15) is 17.1 Å². The second-order valence-corrected chi connectivity index (χ2v) is 9.58. The van der Waals surface area contributed by atoms with Crippen LogP contribution in [0.2, 0.25) is 5.02 Å². The molecule has 4 aromatic rings. The molecule has 0 unspecified atom stereocenters. The number of aromatic hydroxyl groups is 1. The molecular formula is C25H20ClN3O6S. The summed E-state index contributed by atoms with van der Waals surface area (Å²) in [4.78, 5) is 12.7. The number of nitrogens with zero attached hydrogens (tertiary/aromatic N) is 2. The molecule has 4 aromatic carbocycles. The number of hydrogen-bond donors (Lipinski definition) is 3. The van der Waals surface area contributed by atoms with Gasteiger partial charge in [0, 0.05) is 17.1 Å². The van der Waals surface area contributed by atoms with Crippen LogP contribution in [0.25, 0.3) is 10.8 Å². The summed E-state index contributed by atoms with van der Waals surface area (Å²) in [7, 11) is -3.01. The highest BCUT2D eigenvalue weighted by atomic mass is 35.5. The first-order valence-corrected chi connectivity index (χ1v) is 12.3. The lowest BCUT2D eigenvalue weighted by Gasteiger charge is -2.12. The Kier molecular flexibility index (Phi) is 6.93. The molecule has 4 rings (SSSR count). The minimum Gasteiger partial charge on any atom is -0.505 e. The fourth-order valence-electron chi connectivity index (χ4n) is 3.54. The number of carbonyl (C=O) groups excluding carboxylic acids is 1. The first kappa shape index (κ1) is 25.1. The van der Waals surface area contributed by atoms with E-state index in [0.29, 0.717) is 27.8 Å². The minimum atomic E-state index is -4.51. The topological polar surface area (TPSA) is 138 Å². The lowest BCUT2D eigenvalue weighted by Crippen LogP contribution is -2.12. The SMILES string of the molecule is COc1cccc(NC(=O)c2cc3ccccc3c(N=Nc3cc(S(=O)(=O)O)cc(C)c3Cl)c2O)c1. The van der Waals surface area contributed by atoms with Gasteiger partial charge in [-0.25, -0.2) is 0 Å². The van der Waals surface area contributed by atoms with Crippen LogP contribution in [0.15, 0.2) is 81.9 Å². The predicted octanol–water partition coefficient (Wildman–Crippen LogP) is 6.43. The number of anilines is 1. The first-order chi connectivity index (χ1) is 17.1. The molecule has 0 aromatic heterocycles. The van der Waals surface area contributed by atoms with Gasteiger partial charge in [0.05, 0.1) is 22.6 Å².